The first-order valence-corrected chi connectivity index (χ1v) is 6.45. The highest BCUT2D eigenvalue weighted by atomic mass is 32.1. The lowest BCUT2D eigenvalue weighted by atomic mass is 10.2. The number of nitrogens with one attached hydrogen (secondary N) is 1. The van der Waals surface area contributed by atoms with E-state index in [1.54, 1.807) is 10.4 Å². The van der Waals surface area contributed by atoms with E-state index in [1.807, 2.05) is 11.3 Å². The molecule has 0 saturated carbocycles. The van der Waals surface area contributed by atoms with Crippen LogP contribution in [-0.2, 0) is 19.4 Å². The molecule has 1 aromatic rings. The molecule has 0 radical (unpaired) electrons. The molecule has 0 amide bonds. The zero-order valence-corrected chi connectivity index (χ0v) is 9.91. The lowest BCUT2D eigenvalue weighted by Crippen LogP contribution is -2.23. The quantitative estimate of drug-likeness (QED) is 0.803. The maximum atomic E-state index is 3.55. The second-order valence-electron chi connectivity index (χ2n) is 4.20. The summed E-state index contributed by atoms with van der Waals surface area (Å²) in [5.41, 5.74) is 1.62. The van der Waals surface area contributed by atoms with E-state index < -0.39 is 0 Å². The predicted molar refractivity (Wildman–Crippen MR) is 62.9 cm³/mol. The second-order valence-corrected chi connectivity index (χ2v) is 5.43. The van der Waals surface area contributed by atoms with Gasteiger partial charge in [-0.1, -0.05) is 6.92 Å². The SMILES string of the molecule is CCC(C)NCc1cc2c(s1)CCC2. The highest BCUT2D eigenvalue weighted by Gasteiger charge is 2.14. The summed E-state index contributed by atoms with van der Waals surface area (Å²) in [5.74, 6) is 0. The number of hydrogen-bond acceptors (Lipinski definition) is 2. The van der Waals surface area contributed by atoms with Crippen LogP contribution in [0.3, 0.4) is 0 Å². The van der Waals surface area contributed by atoms with Gasteiger partial charge in [-0.3, -0.25) is 0 Å². The summed E-state index contributed by atoms with van der Waals surface area (Å²) in [5, 5.41) is 3.55. The van der Waals surface area contributed by atoms with Crippen LogP contribution in [0.4, 0.5) is 0 Å². The van der Waals surface area contributed by atoms with Crippen LogP contribution in [0.1, 0.15) is 42.0 Å². The van der Waals surface area contributed by atoms with E-state index in [-0.39, 0.29) is 0 Å². The molecular formula is C12H19NS. The van der Waals surface area contributed by atoms with Gasteiger partial charge in [0.2, 0.25) is 0 Å². The Labute approximate surface area is 90.5 Å². The first kappa shape index (κ1) is 10.2. The molecule has 78 valence electrons. The Morgan fingerprint density at radius 1 is 1.50 bits per heavy atom. The van der Waals surface area contributed by atoms with Crippen molar-refractivity contribution < 1.29 is 0 Å². The molecule has 0 spiro atoms. The maximum Gasteiger partial charge on any atom is 0.0302 e. The average molecular weight is 209 g/mol. The van der Waals surface area contributed by atoms with E-state index in [2.05, 4.69) is 25.2 Å². The molecule has 0 saturated heterocycles. The molecule has 1 unspecified atom stereocenters. The van der Waals surface area contributed by atoms with Crippen LogP contribution in [0.2, 0.25) is 0 Å². The summed E-state index contributed by atoms with van der Waals surface area (Å²) < 4.78 is 0. The summed E-state index contributed by atoms with van der Waals surface area (Å²) in [4.78, 5) is 3.17. The fourth-order valence-electron chi connectivity index (χ4n) is 1.90. The zero-order chi connectivity index (χ0) is 9.97. The Kier molecular flexibility index (Phi) is 3.24. The van der Waals surface area contributed by atoms with Crippen LogP contribution in [-0.4, -0.2) is 6.04 Å². The Balaban J connectivity index is 1.91. The smallest absolute Gasteiger partial charge is 0.0302 e. The summed E-state index contributed by atoms with van der Waals surface area (Å²) in [6.07, 6.45) is 5.23. The lowest BCUT2D eigenvalue weighted by Gasteiger charge is -2.09. The highest BCUT2D eigenvalue weighted by Crippen LogP contribution is 2.30. The largest absolute Gasteiger partial charge is 0.309 e. The van der Waals surface area contributed by atoms with Crippen LogP contribution in [0.15, 0.2) is 6.07 Å². The first-order valence-electron chi connectivity index (χ1n) is 5.63. The Bertz CT molecular complexity index is 282. The average Bonchev–Trinajstić information content (AvgIpc) is 2.73. The predicted octanol–water partition coefficient (Wildman–Crippen LogP) is 3.12. The van der Waals surface area contributed by atoms with Gasteiger partial charge in [-0.15, -0.1) is 11.3 Å². The molecular weight excluding hydrogens is 190 g/mol. The Hall–Kier alpha value is -0.340. The van der Waals surface area contributed by atoms with Crippen molar-refractivity contribution in [3.8, 4) is 0 Å². The molecule has 14 heavy (non-hydrogen) atoms. The Morgan fingerprint density at radius 2 is 2.36 bits per heavy atom. The molecule has 1 aliphatic carbocycles. The fraction of sp³-hybridized carbons (Fsp3) is 0.667. The summed E-state index contributed by atoms with van der Waals surface area (Å²) in [6, 6.07) is 3.05. The van der Waals surface area contributed by atoms with Gasteiger partial charge in [0.15, 0.2) is 0 Å². The van der Waals surface area contributed by atoms with E-state index in [0.717, 1.165) is 6.54 Å². The van der Waals surface area contributed by atoms with Crippen LogP contribution >= 0.6 is 11.3 Å². The molecule has 1 nitrogen and oxygen atoms in total. The molecule has 2 rings (SSSR count). The number of aryl methyl sites for hydroxylation is 2. The number of thiophene rings is 1. The molecule has 1 atom stereocenters. The van der Waals surface area contributed by atoms with E-state index >= 15 is 0 Å². The van der Waals surface area contributed by atoms with Gasteiger partial charge in [0.25, 0.3) is 0 Å². The molecule has 1 heterocycles. The van der Waals surface area contributed by atoms with E-state index in [0.29, 0.717) is 6.04 Å². The van der Waals surface area contributed by atoms with Crippen molar-refractivity contribution in [2.75, 3.05) is 0 Å². The normalized spacial score (nSPS) is 17.0. The van der Waals surface area contributed by atoms with Gasteiger partial charge in [-0.2, -0.15) is 0 Å². The maximum absolute atomic E-state index is 3.55. The summed E-state index contributed by atoms with van der Waals surface area (Å²) in [6.45, 7) is 5.54. The minimum absolute atomic E-state index is 0.645. The first-order chi connectivity index (χ1) is 6.79. The molecule has 0 fully saturated rings. The number of hydrogen-bond donors (Lipinski definition) is 1. The molecule has 0 aliphatic heterocycles. The van der Waals surface area contributed by atoms with Crippen molar-refractivity contribution in [2.45, 2.75) is 52.1 Å². The van der Waals surface area contributed by atoms with Crippen LogP contribution < -0.4 is 5.32 Å². The van der Waals surface area contributed by atoms with Gasteiger partial charge < -0.3 is 5.32 Å². The standard InChI is InChI=1S/C12H19NS/c1-3-9(2)13-8-11-7-10-5-4-6-12(10)14-11/h7,9,13H,3-6,8H2,1-2H3. The van der Waals surface area contributed by atoms with Gasteiger partial charge in [0.05, 0.1) is 0 Å². The van der Waals surface area contributed by atoms with Crippen molar-refractivity contribution in [2.24, 2.45) is 0 Å². The van der Waals surface area contributed by atoms with Crippen LogP contribution in [0, 0.1) is 0 Å². The highest BCUT2D eigenvalue weighted by molar-refractivity contribution is 7.12. The lowest BCUT2D eigenvalue weighted by molar-refractivity contribution is 0.537. The van der Waals surface area contributed by atoms with Crippen LogP contribution in [0.25, 0.3) is 0 Å². The third-order valence-electron chi connectivity index (χ3n) is 3.03. The van der Waals surface area contributed by atoms with Gasteiger partial charge in [-0.25, -0.2) is 0 Å². The van der Waals surface area contributed by atoms with Crippen molar-refractivity contribution in [1.82, 2.24) is 5.32 Å². The van der Waals surface area contributed by atoms with E-state index in [9.17, 15) is 0 Å². The monoisotopic (exact) mass is 209 g/mol. The van der Waals surface area contributed by atoms with Crippen molar-refractivity contribution in [3.05, 3.63) is 21.4 Å². The minimum Gasteiger partial charge on any atom is -0.309 e. The van der Waals surface area contributed by atoms with Gasteiger partial charge in [0.1, 0.15) is 0 Å². The molecule has 0 aromatic carbocycles. The molecule has 2 heteroatoms. The fourth-order valence-corrected chi connectivity index (χ4v) is 3.11. The zero-order valence-electron chi connectivity index (χ0n) is 9.10. The van der Waals surface area contributed by atoms with Crippen molar-refractivity contribution in [3.63, 3.8) is 0 Å². The van der Waals surface area contributed by atoms with Gasteiger partial charge in [-0.05, 0) is 44.2 Å². The van der Waals surface area contributed by atoms with E-state index in [1.165, 1.54) is 30.6 Å². The molecule has 1 aromatic heterocycles. The Morgan fingerprint density at radius 3 is 3.07 bits per heavy atom. The summed E-state index contributed by atoms with van der Waals surface area (Å²) >= 11 is 2.01. The van der Waals surface area contributed by atoms with Crippen molar-refractivity contribution in [1.29, 1.82) is 0 Å². The van der Waals surface area contributed by atoms with Gasteiger partial charge in [0, 0.05) is 22.3 Å². The van der Waals surface area contributed by atoms with Crippen molar-refractivity contribution >= 4 is 11.3 Å². The van der Waals surface area contributed by atoms with Crippen LogP contribution in [0.5, 0.6) is 0 Å². The topological polar surface area (TPSA) is 12.0 Å². The molecule has 1 N–H and O–H groups in total. The number of rotatable bonds is 4. The van der Waals surface area contributed by atoms with E-state index in [4.69, 9.17) is 0 Å². The third-order valence-corrected chi connectivity index (χ3v) is 4.27. The molecule has 0 bridgehead atoms. The second kappa shape index (κ2) is 4.45. The molecule has 1 aliphatic rings. The third kappa shape index (κ3) is 2.18. The van der Waals surface area contributed by atoms with Gasteiger partial charge >= 0.3 is 0 Å². The summed E-state index contributed by atoms with van der Waals surface area (Å²) in [7, 11) is 0. The number of fused-ring (bicyclic) bond motifs is 1. The minimum atomic E-state index is 0.645.